The Morgan fingerprint density at radius 3 is 2.40 bits per heavy atom. The summed E-state index contributed by atoms with van der Waals surface area (Å²) in [5.41, 5.74) is 0.864. The highest BCUT2D eigenvalue weighted by Crippen LogP contribution is 2.16. The molecule has 80 valence electrons. The summed E-state index contributed by atoms with van der Waals surface area (Å²) in [6.07, 6.45) is 1.50. The average Bonchev–Trinajstić information content (AvgIpc) is 2.16. The fourth-order valence-corrected chi connectivity index (χ4v) is 1.76. The Morgan fingerprint density at radius 1 is 1.40 bits per heavy atom. The molecule has 6 heteroatoms. The van der Waals surface area contributed by atoms with E-state index in [1.165, 1.54) is 6.26 Å². The van der Waals surface area contributed by atoms with E-state index in [0.29, 0.717) is 22.2 Å². The van der Waals surface area contributed by atoms with Crippen molar-refractivity contribution in [2.45, 2.75) is 11.9 Å². The Kier molecular flexibility index (Phi) is 3.37. The molecule has 0 amide bonds. The largest absolute Gasteiger partial charge is 0.347 e. The summed E-state index contributed by atoms with van der Waals surface area (Å²) >= 11 is 0. The molecule has 5 nitrogen and oxygen atoms in total. The molecular weight excluding hydrogens is 212 g/mol. The van der Waals surface area contributed by atoms with Crippen molar-refractivity contribution < 1.29 is 4.21 Å². The lowest BCUT2D eigenvalue weighted by Crippen LogP contribution is -2.15. The third kappa shape index (κ3) is 2.30. The second-order valence-corrected chi connectivity index (χ2v) is 4.54. The van der Waals surface area contributed by atoms with E-state index in [1.54, 1.807) is 25.9 Å². The van der Waals surface area contributed by atoms with Crippen molar-refractivity contribution in [1.82, 2.24) is 9.97 Å². The van der Waals surface area contributed by atoms with Crippen LogP contribution in [0.2, 0.25) is 0 Å². The Hall–Kier alpha value is -1.48. The summed E-state index contributed by atoms with van der Waals surface area (Å²) in [5.74, 6) is 0.469. The first-order valence-corrected chi connectivity index (χ1v) is 5.82. The average molecular weight is 224 g/mol. The Morgan fingerprint density at radius 2 is 2.00 bits per heavy atom. The van der Waals surface area contributed by atoms with E-state index in [9.17, 15) is 4.21 Å². The molecule has 1 rings (SSSR count). The minimum absolute atomic E-state index is 0.300. The normalized spacial score (nSPS) is 11.9. The van der Waals surface area contributed by atoms with Crippen molar-refractivity contribution in [2.75, 3.05) is 25.3 Å². The number of hydrogen-bond donors (Lipinski definition) is 0. The third-order valence-corrected chi connectivity index (χ3v) is 2.67. The molecule has 0 fully saturated rings. The van der Waals surface area contributed by atoms with E-state index >= 15 is 0 Å². The Balaban J connectivity index is 3.47. The maximum Gasteiger partial charge on any atom is 0.226 e. The summed E-state index contributed by atoms with van der Waals surface area (Å²) in [6.45, 7) is 1.71. The molecule has 0 aliphatic heterocycles. The molecule has 15 heavy (non-hydrogen) atoms. The van der Waals surface area contributed by atoms with Crippen LogP contribution in [-0.2, 0) is 10.8 Å². The zero-order chi connectivity index (χ0) is 11.6. The molecular formula is C9H12N4OS. The van der Waals surface area contributed by atoms with Crippen LogP contribution in [0.1, 0.15) is 11.3 Å². The van der Waals surface area contributed by atoms with Crippen LogP contribution in [0.25, 0.3) is 0 Å². The first kappa shape index (κ1) is 11.6. The van der Waals surface area contributed by atoms with Gasteiger partial charge < -0.3 is 4.90 Å². The lowest BCUT2D eigenvalue weighted by Gasteiger charge is -2.12. The second-order valence-electron chi connectivity index (χ2n) is 3.25. The first-order chi connectivity index (χ1) is 6.97. The summed E-state index contributed by atoms with van der Waals surface area (Å²) in [4.78, 5) is 9.95. The topological polar surface area (TPSA) is 69.9 Å². The molecule has 0 aromatic carbocycles. The van der Waals surface area contributed by atoms with E-state index in [0.717, 1.165) is 0 Å². The van der Waals surface area contributed by atoms with Gasteiger partial charge in [-0.1, -0.05) is 0 Å². The summed E-state index contributed by atoms with van der Waals surface area (Å²) in [6, 6.07) is 1.97. The monoisotopic (exact) mass is 224 g/mol. The predicted molar refractivity (Wildman–Crippen MR) is 58.1 cm³/mol. The van der Waals surface area contributed by atoms with Gasteiger partial charge >= 0.3 is 0 Å². The maximum atomic E-state index is 11.4. The molecule has 0 bridgehead atoms. The van der Waals surface area contributed by atoms with Crippen LogP contribution >= 0.6 is 0 Å². The number of nitrogens with zero attached hydrogens (tertiary/aromatic N) is 4. The van der Waals surface area contributed by atoms with Gasteiger partial charge in [0.05, 0.1) is 16.5 Å². The Labute approximate surface area is 91.2 Å². The van der Waals surface area contributed by atoms with Gasteiger partial charge in [-0.25, -0.2) is 9.97 Å². The zero-order valence-corrected chi connectivity index (χ0v) is 9.92. The quantitative estimate of drug-likeness (QED) is 0.682. The highest BCUT2D eigenvalue weighted by Gasteiger charge is 2.14. The second kappa shape index (κ2) is 4.36. The van der Waals surface area contributed by atoms with Gasteiger partial charge in [-0.3, -0.25) is 4.21 Å². The van der Waals surface area contributed by atoms with Gasteiger partial charge in [-0.15, -0.1) is 0 Å². The molecule has 0 spiro atoms. The fourth-order valence-electron chi connectivity index (χ4n) is 1.07. The molecule has 1 aromatic heterocycles. The van der Waals surface area contributed by atoms with Gasteiger partial charge in [-0.05, 0) is 6.92 Å². The minimum atomic E-state index is -1.28. The van der Waals surface area contributed by atoms with Crippen LogP contribution in [0.15, 0.2) is 5.03 Å². The number of anilines is 1. The number of aryl methyl sites for hydroxylation is 1. The van der Waals surface area contributed by atoms with Gasteiger partial charge in [0.2, 0.25) is 5.95 Å². The van der Waals surface area contributed by atoms with Crippen LogP contribution in [0.4, 0.5) is 5.95 Å². The molecule has 0 radical (unpaired) electrons. The van der Waals surface area contributed by atoms with Crippen LogP contribution in [0.5, 0.6) is 0 Å². The Bertz CT molecular complexity index is 450. The molecule has 1 aromatic rings. The third-order valence-electron chi connectivity index (χ3n) is 1.83. The van der Waals surface area contributed by atoms with Gasteiger partial charge in [0.25, 0.3) is 0 Å². The zero-order valence-electron chi connectivity index (χ0n) is 9.11. The summed E-state index contributed by atoms with van der Waals surface area (Å²) in [5, 5.41) is 9.20. The molecule has 0 aliphatic rings. The van der Waals surface area contributed by atoms with Crippen LogP contribution in [0, 0.1) is 18.3 Å². The minimum Gasteiger partial charge on any atom is -0.347 e. The van der Waals surface area contributed by atoms with Crippen LogP contribution < -0.4 is 4.90 Å². The maximum absolute atomic E-state index is 11.4. The molecule has 0 saturated carbocycles. The summed E-state index contributed by atoms with van der Waals surface area (Å²) in [7, 11) is 2.31. The van der Waals surface area contributed by atoms with Crippen LogP contribution in [-0.4, -0.2) is 34.5 Å². The van der Waals surface area contributed by atoms with Gasteiger partial charge in [0.15, 0.2) is 5.03 Å². The molecule has 1 heterocycles. The standard InChI is InChI=1S/C9H12N4OS/c1-6-7(5-10)8(15(4)14)12-9(11-6)13(2)3/h1-4H3. The van der Waals surface area contributed by atoms with E-state index in [2.05, 4.69) is 9.97 Å². The van der Waals surface area contributed by atoms with E-state index in [1.807, 2.05) is 6.07 Å². The van der Waals surface area contributed by atoms with Crippen molar-refractivity contribution in [3.63, 3.8) is 0 Å². The first-order valence-electron chi connectivity index (χ1n) is 4.27. The molecule has 0 aliphatic carbocycles. The van der Waals surface area contributed by atoms with Crippen LogP contribution in [0.3, 0.4) is 0 Å². The van der Waals surface area contributed by atoms with E-state index in [4.69, 9.17) is 5.26 Å². The van der Waals surface area contributed by atoms with Crippen molar-refractivity contribution in [1.29, 1.82) is 5.26 Å². The van der Waals surface area contributed by atoms with Gasteiger partial charge in [0, 0.05) is 20.4 Å². The molecule has 1 atom stereocenters. The van der Waals surface area contributed by atoms with Gasteiger partial charge in [-0.2, -0.15) is 5.26 Å². The van der Waals surface area contributed by atoms with Crippen molar-refractivity contribution >= 4 is 16.7 Å². The molecule has 1 unspecified atom stereocenters. The number of rotatable bonds is 2. The molecule has 0 saturated heterocycles. The van der Waals surface area contributed by atoms with E-state index < -0.39 is 10.8 Å². The highest BCUT2D eigenvalue weighted by atomic mass is 32.2. The van der Waals surface area contributed by atoms with E-state index in [-0.39, 0.29) is 0 Å². The lowest BCUT2D eigenvalue weighted by atomic mass is 10.3. The van der Waals surface area contributed by atoms with Crippen molar-refractivity contribution in [2.24, 2.45) is 0 Å². The van der Waals surface area contributed by atoms with Crippen molar-refractivity contribution in [3.8, 4) is 6.07 Å². The summed E-state index contributed by atoms with van der Waals surface area (Å²) < 4.78 is 11.4. The fraction of sp³-hybridized carbons (Fsp3) is 0.444. The number of nitriles is 1. The number of aromatic nitrogens is 2. The predicted octanol–water partition coefficient (Wildman–Crippen LogP) is 0.460. The SMILES string of the molecule is Cc1nc(N(C)C)nc(S(C)=O)c1C#N. The number of hydrogen-bond acceptors (Lipinski definition) is 5. The molecule has 0 N–H and O–H groups in total. The van der Waals surface area contributed by atoms with Crippen molar-refractivity contribution in [3.05, 3.63) is 11.3 Å². The highest BCUT2D eigenvalue weighted by molar-refractivity contribution is 7.84. The lowest BCUT2D eigenvalue weighted by molar-refractivity contribution is 0.683. The smallest absolute Gasteiger partial charge is 0.226 e. The van der Waals surface area contributed by atoms with Gasteiger partial charge in [0.1, 0.15) is 11.6 Å².